The molecule has 0 aliphatic rings. The minimum atomic E-state index is -1.52. The van der Waals surface area contributed by atoms with Gasteiger partial charge in [0.05, 0.1) is 6.10 Å². The van der Waals surface area contributed by atoms with Gasteiger partial charge in [0, 0.05) is 5.56 Å². The monoisotopic (exact) mass is 212 g/mol. The summed E-state index contributed by atoms with van der Waals surface area (Å²) in [6, 6.07) is 5.86. The molecule has 0 aliphatic carbocycles. The summed E-state index contributed by atoms with van der Waals surface area (Å²) in [7, 11) is -1.52. The van der Waals surface area contributed by atoms with Crippen LogP contribution < -0.4 is 5.46 Å². The summed E-state index contributed by atoms with van der Waals surface area (Å²) < 4.78 is 18.3. The lowest BCUT2D eigenvalue weighted by Crippen LogP contribution is -2.29. The van der Waals surface area contributed by atoms with E-state index in [1.165, 1.54) is 24.3 Å². The first-order valence-corrected chi connectivity index (χ1v) is 4.76. The molecular formula is C10H14BFO3. The van der Waals surface area contributed by atoms with Crippen LogP contribution >= 0.6 is 0 Å². The van der Waals surface area contributed by atoms with Crippen LogP contribution in [0, 0.1) is 0 Å². The van der Waals surface area contributed by atoms with Gasteiger partial charge in [0.2, 0.25) is 6.36 Å². The lowest BCUT2D eigenvalue weighted by atomic mass is 9.80. The molecule has 1 rings (SSSR count). The van der Waals surface area contributed by atoms with Gasteiger partial charge in [-0.1, -0.05) is 24.3 Å². The van der Waals surface area contributed by atoms with E-state index in [2.05, 4.69) is 0 Å². The first-order chi connectivity index (χ1) is 7.00. The minimum absolute atomic E-state index is 0.192. The van der Waals surface area contributed by atoms with E-state index in [1.807, 2.05) is 0 Å². The highest BCUT2D eigenvalue weighted by Gasteiger charge is 2.14. The van der Waals surface area contributed by atoms with Crippen LogP contribution in [0.15, 0.2) is 24.3 Å². The van der Waals surface area contributed by atoms with Gasteiger partial charge in [-0.3, -0.25) is 0 Å². The van der Waals surface area contributed by atoms with Crippen molar-refractivity contribution in [3.63, 3.8) is 0 Å². The fourth-order valence-corrected chi connectivity index (χ4v) is 1.14. The Bertz CT molecular complexity index is 300. The molecule has 0 aromatic heterocycles. The van der Waals surface area contributed by atoms with Crippen molar-refractivity contribution in [1.82, 2.24) is 0 Å². The lowest BCUT2D eigenvalue weighted by molar-refractivity contribution is -0.0743. The molecule has 0 aliphatic heterocycles. The Kier molecular flexibility index (Phi) is 4.26. The van der Waals surface area contributed by atoms with Gasteiger partial charge in [-0.25, -0.2) is 4.39 Å². The van der Waals surface area contributed by atoms with Gasteiger partial charge >= 0.3 is 7.12 Å². The van der Waals surface area contributed by atoms with Gasteiger partial charge in [0.1, 0.15) is 0 Å². The molecule has 5 heteroatoms. The van der Waals surface area contributed by atoms with Crippen LogP contribution in [-0.4, -0.2) is 23.3 Å². The quantitative estimate of drug-likeness (QED) is 0.724. The van der Waals surface area contributed by atoms with E-state index < -0.39 is 13.5 Å². The Morgan fingerprint density at radius 2 is 1.73 bits per heavy atom. The van der Waals surface area contributed by atoms with Crippen molar-refractivity contribution >= 4 is 12.6 Å². The number of benzene rings is 1. The van der Waals surface area contributed by atoms with Crippen LogP contribution in [-0.2, 0) is 4.74 Å². The van der Waals surface area contributed by atoms with Crippen LogP contribution in [0.5, 0.6) is 0 Å². The van der Waals surface area contributed by atoms with Crippen LogP contribution in [0.2, 0.25) is 0 Å². The zero-order valence-corrected chi connectivity index (χ0v) is 8.72. The average Bonchev–Trinajstić information content (AvgIpc) is 2.17. The highest BCUT2D eigenvalue weighted by atomic mass is 19.1. The third-order valence-electron chi connectivity index (χ3n) is 1.89. The van der Waals surface area contributed by atoms with E-state index in [9.17, 15) is 4.39 Å². The average molecular weight is 212 g/mol. The standard InChI is InChI=1S/C10H14BFO3/c1-7(2)15-10(12)8-3-5-9(6-4-8)11(13)14/h3-7,10,13-14H,1-2H3. The first kappa shape index (κ1) is 12.2. The van der Waals surface area contributed by atoms with E-state index >= 15 is 0 Å². The predicted molar refractivity (Wildman–Crippen MR) is 56.3 cm³/mol. The highest BCUT2D eigenvalue weighted by molar-refractivity contribution is 6.58. The second-order valence-corrected chi connectivity index (χ2v) is 3.54. The molecule has 0 bridgehead atoms. The Morgan fingerprint density at radius 3 is 2.13 bits per heavy atom. The molecule has 3 nitrogen and oxygen atoms in total. The molecule has 0 spiro atoms. The molecule has 0 heterocycles. The van der Waals surface area contributed by atoms with Crippen LogP contribution in [0.25, 0.3) is 0 Å². The zero-order chi connectivity index (χ0) is 11.4. The molecule has 0 radical (unpaired) electrons. The van der Waals surface area contributed by atoms with E-state index in [0.717, 1.165) is 0 Å². The van der Waals surface area contributed by atoms with Gasteiger partial charge in [0.15, 0.2) is 0 Å². The summed E-state index contributed by atoms with van der Waals surface area (Å²) >= 11 is 0. The van der Waals surface area contributed by atoms with Crippen LogP contribution in [0.1, 0.15) is 25.8 Å². The Morgan fingerprint density at radius 1 is 1.20 bits per heavy atom. The van der Waals surface area contributed by atoms with Gasteiger partial charge in [-0.15, -0.1) is 0 Å². The van der Waals surface area contributed by atoms with Crippen molar-refractivity contribution in [3.8, 4) is 0 Å². The highest BCUT2D eigenvalue weighted by Crippen LogP contribution is 2.19. The van der Waals surface area contributed by atoms with E-state index in [0.29, 0.717) is 11.0 Å². The molecule has 0 amide bonds. The molecule has 1 aromatic carbocycles. The van der Waals surface area contributed by atoms with Gasteiger partial charge in [-0.2, -0.15) is 0 Å². The number of hydrogen-bond acceptors (Lipinski definition) is 3. The molecule has 15 heavy (non-hydrogen) atoms. The van der Waals surface area contributed by atoms with Crippen molar-refractivity contribution in [2.45, 2.75) is 26.3 Å². The third-order valence-corrected chi connectivity index (χ3v) is 1.89. The molecule has 82 valence electrons. The van der Waals surface area contributed by atoms with Gasteiger partial charge < -0.3 is 14.8 Å². The normalized spacial score (nSPS) is 12.9. The molecule has 2 N–H and O–H groups in total. The lowest BCUT2D eigenvalue weighted by Gasteiger charge is -2.13. The second kappa shape index (κ2) is 5.25. The summed E-state index contributed by atoms with van der Waals surface area (Å²) in [5, 5.41) is 17.7. The fraction of sp³-hybridized carbons (Fsp3) is 0.400. The predicted octanol–water partition coefficient (Wildman–Crippen LogP) is 0.759. The second-order valence-electron chi connectivity index (χ2n) is 3.54. The summed E-state index contributed by atoms with van der Waals surface area (Å²) in [6.07, 6.45) is -1.67. The van der Waals surface area contributed by atoms with E-state index in [4.69, 9.17) is 14.8 Å². The molecule has 1 aromatic rings. The largest absolute Gasteiger partial charge is 0.488 e. The maximum atomic E-state index is 13.4. The molecule has 0 saturated carbocycles. The molecule has 1 atom stereocenters. The maximum absolute atomic E-state index is 13.4. The van der Waals surface area contributed by atoms with Crippen LogP contribution in [0.3, 0.4) is 0 Å². The molecule has 0 fully saturated rings. The summed E-state index contributed by atoms with van der Waals surface area (Å²) in [5.74, 6) is 0. The Hall–Kier alpha value is -0.905. The smallest absolute Gasteiger partial charge is 0.423 e. The van der Waals surface area contributed by atoms with Crippen molar-refractivity contribution in [3.05, 3.63) is 29.8 Å². The molecular weight excluding hydrogens is 198 g/mol. The van der Waals surface area contributed by atoms with E-state index in [-0.39, 0.29) is 6.10 Å². The SMILES string of the molecule is CC(C)OC(F)c1ccc(B(O)O)cc1. The minimum Gasteiger partial charge on any atom is -0.423 e. The number of halogens is 1. The number of alkyl halides is 1. The number of hydrogen-bond donors (Lipinski definition) is 2. The molecule has 1 unspecified atom stereocenters. The van der Waals surface area contributed by atoms with E-state index in [1.54, 1.807) is 13.8 Å². The van der Waals surface area contributed by atoms with Crippen LogP contribution in [0.4, 0.5) is 4.39 Å². The maximum Gasteiger partial charge on any atom is 0.488 e. The third kappa shape index (κ3) is 3.62. The summed E-state index contributed by atoms with van der Waals surface area (Å²) in [6.45, 7) is 3.50. The van der Waals surface area contributed by atoms with Crippen molar-refractivity contribution in [1.29, 1.82) is 0 Å². The topological polar surface area (TPSA) is 49.7 Å². The number of ether oxygens (including phenoxy) is 1. The van der Waals surface area contributed by atoms with Gasteiger partial charge in [-0.05, 0) is 19.3 Å². The van der Waals surface area contributed by atoms with Crippen molar-refractivity contribution in [2.24, 2.45) is 0 Å². The summed E-state index contributed by atoms with van der Waals surface area (Å²) in [4.78, 5) is 0. The molecule has 0 saturated heterocycles. The Balaban J connectivity index is 2.71. The fourth-order valence-electron chi connectivity index (χ4n) is 1.14. The first-order valence-electron chi connectivity index (χ1n) is 4.76. The van der Waals surface area contributed by atoms with Crippen molar-refractivity contribution < 1.29 is 19.2 Å². The zero-order valence-electron chi connectivity index (χ0n) is 8.72. The van der Waals surface area contributed by atoms with Gasteiger partial charge in [0.25, 0.3) is 0 Å². The van der Waals surface area contributed by atoms with Crippen molar-refractivity contribution in [2.75, 3.05) is 0 Å². The number of rotatable bonds is 4. The summed E-state index contributed by atoms with van der Waals surface area (Å²) in [5.41, 5.74) is 0.698. The Labute approximate surface area is 88.7 Å².